The highest BCUT2D eigenvalue weighted by Crippen LogP contribution is 2.06. The Morgan fingerprint density at radius 2 is 1.74 bits per heavy atom. The summed E-state index contributed by atoms with van der Waals surface area (Å²) >= 11 is 0. The van der Waals surface area contributed by atoms with Gasteiger partial charge in [0.2, 0.25) is 0 Å². The smallest absolute Gasteiger partial charge is 0.465 e. The molecule has 0 radical (unpaired) electrons. The van der Waals surface area contributed by atoms with Gasteiger partial charge in [-0.1, -0.05) is 30.3 Å². The van der Waals surface area contributed by atoms with E-state index in [0.29, 0.717) is 13.0 Å². The van der Waals surface area contributed by atoms with Crippen LogP contribution in [0.1, 0.15) is 12.5 Å². The van der Waals surface area contributed by atoms with E-state index in [1.807, 2.05) is 30.3 Å². The van der Waals surface area contributed by atoms with Crippen LogP contribution in [0, 0.1) is 0 Å². The summed E-state index contributed by atoms with van der Waals surface area (Å²) in [5.41, 5.74) is 6.71. The van der Waals surface area contributed by atoms with Crippen molar-refractivity contribution in [1.82, 2.24) is 0 Å². The van der Waals surface area contributed by atoms with E-state index in [2.05, 4.69) is 0 Å². The molecule has 2 N–H and O–H groups in total. The van der Waals surface area contributed by atoms with Gasteiger partial charge in [0.15, 0.2) is 0 Å². The molecule has 0 spiro atoms. The maximum atomic E-state index is 11.2. The van der Waals surface area contributed by atoms with E-state index in [4.69, 9.17) is 10.5 Å². The second-order valence-electron chi connectivity index (χ2n) is 3.54. The first-order valence-electron chi connectivity index (χ1n) is 5.57. The summed E-state index contributed by atoms with van der Waals surface area (Å²) in [6.07, 6.45) is 0.527. The molecule has 1 unspecified atom stereocenters. The number of hydrogen-bond acceptors (Lipinski definition) is 3. The molecule has 0 aromatic heterocycles. The van der Waals surface area contributed by atoms with E-state index in [9.17, 15) is 22.1 Å². The van der Waals surface area contributed by atoms with Gasteiger partial charge in [-0.15, -0.1) is 0 Å². The van der Waals surface area contributed by atoms with Crippen LogP contribution < -0.4 is 5.73 Å². The molecule has 1 atom stereocenters. The monoisotopic (exact) mass is 280 g/mol. The van der Waals surface area contributed by atoms with Crippen LogP contribution in [0.3, 0.4) is 0 Å². The topological polar surface area (TPSA) is 52.3 Å². The molecule has 0 aliphatic heterocycles. The standard InChI is InChI=1S/C11H15NO2.BF4/c1-2-14-11(13)10(12)8-9-6-4-3-5-7-9;2-1(3,4)5/h3-7,10H,2,8,12H2,1H3;/q;-1. The Morgan fingerprint density at radius 3 is 2.16 bits per heavy atom. The van der Waals surface area contributed by atoms with E-state index >= 15 is 0 Å². The Morgan fingerprint density at radius 1 is 1.26 bits per heavy atom. The van der Waals surface area contributed by atoms with E-state index in [1.54, 1.807) is 6.92 Å². The number of ether oxygens (including phenoxy) is 1. The average Bonchev–Trinajstić information content (AvgIpc) is 2.28. The largest absolute Gasteiger partial charge is 0.673 e. The lowest BCUT2D eigenvalue weighted by atomic mass is 10.1. The summed E-state index contributed by atoms with van der Waals surface area (Å²) in [6.45, 7) is 2.15. The van der Waals surface area contributed by atoms with Gasteiger partial charge in [-0.3, -0.25) is 4.79 Å². The molecule has 0 saturated heterocycles. The molecule has 1 rings (SSSR count). The van der Waals surface area contributed by atoms with Crippen LogP contribution in [0.2, 0.25) is 0 Å². The fourth-order valence-corrected chi connectivity index (χ4v) is 1.20. The molecule has 0 fully saturated rings. The average molecular weight is 280 g/mol. The lowest BCUT2D eigenvalue weighted by Gasteiger charge is -2.09. The summed E-state index contributed by atoms with van der Waals surface area (Å²) in [4.78, 5) is 11.2. The Kier molecular flexibility index (Phi) is 7.82. The minimum Gasteiger partial charge on any atom is -0.465 e. The van der Waals surface area contributed by atoms with Crippen molar-refractivity contribution in [3.05, 3.63) is 35.9 Å². The molecule has 1 aromatic carbocycles. The molecular weight excluding hydrogens is 265 g/mol. The molecule has 0 aliphatic rings. The normalized spacial score (nSPS) is 12.1. The first-order valence-corrected chi connectivity index (χ1v) is 5.57. The second kappa shape index (κ2) is 8.52. The van der Waals surface area contributed by atoms with Crippen LogP contribution in [0.5, 0.6) is 0 Å². The van der Waals surface area contributed by atoms with Gasteiger partial charge in [0.25, 0.3) is 0 Å². The lowest BCUT2D eigenvalue weighted by Crippen LogP contribution is -2.34. The molecule has 108 valence electrons. The van der Waals surface area contributed by atoms with Gasteiger partial charge in [0.1, 0.15) is 6.04 Å². The second-order valence-corrected chi connectivity index (χ2v) is 3.54. The van der Waals surface area contributed by atoms with Crippen LogP contribution in [0.25, 0.3) is 0 Å². The third kappa shape index (κ3) is 11.3. The molecule has 19 heavy (non-hydrogen) atoms. The van der Waals surface area contributed by atoms with Crippen molar-refractivity contribution >= 4 is 13.2 Å². The van der Waals surface area contributed by atoms with Crippen LogP contribution in [-0.4, -0.2) is 25.9 Å². The molecule has 0 aliphatic carbocycles. The number of esters is 1. The van der Waals surface area contributed by atoms with Crippen LogP contribution >= 0.6 is 0 Å². The SMILES string of the molecule is CCOC(=O)C(N)Cc1ccccc1.F[B-](F)(F)F. The molecule has 3 nitrogen and oxygen atoms in total. The van der Waals surface area contributed by atoms with Gasteiger partial charge in [-0.2, -0.15) is 0 Å². The number of carbonyl (C=O) groups is 1. The van der Waals surface area contributed by atoms with E-state index in [1.165, 1.54) is 0 Å². The molecule has 0 heterocycles. The van der Waals surface area contributed by atoms with Crippen molar-refractivity contribution in [2.24, 2.45) is 5.73 Å². The van der Waals surface area contributed by atoms with Gasteiger partial charge >= 0.3 is 13.2 Å². The minimum absolute atomic E-state index is 0.337. The Balaban J connectivity index is 0.000000555. The number of hydrogen-bond donors (Lipinski definition) is 1. The van der Waals surface area contributed by atoms with Gasteiger partial charge in [0.05, 0.1) is 6.61 Å². The summed E-state index contributed by atoms with van der Waals surface area (Å²) in [5.74, 6) is -0.337. The Bertz CT molecular complexity index is 367. The summed E-state index contributed by atoms with van der Waals surface area (Å²) in [6, 6.07) is 9.11. The minimum atomic E-state index is -6.00. The van der Waals surface area contributed by atoms with Crippen molar-refractivity contribution < 1.29 is 26.8 Å². The molecule has 0 bridgehead atoms. The molecular formula is C11H15BF4NO2-. The van der Waals surface area contributed by atoms with Crippen molar-refractivity contribution in [2.75, 3.05) is 6.61 Å². The number of rotatable bonds is 4. The maximum absolute atomic E-state index is 11.2. The van der Waals surface area contributed by atoms with E-state index < -0.39 is 13.3 Å². The van der Waals surface area contributed by atoms with Gasteiger partial charge in [-0.25, -0.2) is 0 Å². The Labute approximate surface area is 108 Å². The zero-order valence-electron chi connectivity index (χ0n) is 10.4. The third-order valence-electron chi connectivity index (χ3n) is 1.89. The zero-order valence-corrected chi connectivity index (χ0v) is 10.4. The first-order chi connectivity index (χ1) is 8.74. The first kappa shape index (κ1) is 17.4. The maximum Gasteiger partial charge on any atom is 0.673 e. The van der Waals surface area contributed by atoms with Crippen molar-refractivity contribution in [3.63, 3.8) is 0 Å². The molecule has 0 amide bonds. The predicted octanol–water partition coefficient (Wildman–Crippen LogP) is 2.42. The van der Waals surface area contributed by atoms with Gasteiger partial charge in [0, 0.05) is 0 Å². The zero-order chi connectivity index (χ0) is 14.9. The van der Waals surface area contributed by atoms with Crippen LogP contribution in [-0.2, 0) is 16.0 Å². The summed E-state index contributed by atoms with van der Waals surface area (Å²) in [5, 5.41) is 0. The quantitative estimate of drug-likeness (QED) is 0.523. The Hall–Kier alpha value is -1.57. The molecule has 0 saturated carbocycles. The number of carbonyl (C=O) groups excluding carboxylic acids is 1. The van der Waals surface area contributed by atoms with Crippen LogP contribution in [0.4, 0.5) is 17.3 Å². The number of halogens is 4. The van der Waals surface area contributed by atoms with Crippen LogP contribution in [0.15, 0.2) is 30.3 Å². The number of nitrogens with two attached hydrogens (primary N) is 1. The van der Waals surface area contributed by atoms with Gasteiger partial charge in [-0.05, 0) is 18.9 Å². The highest BCUT2D eigenvalue weighted by molar-refractivity contribution is 6.50. The lowest BCUT2D eigenvalue weighted by molar-refractivity contribution is -0.144. The van der Waals surface area contributed by atoms with Crippen molar-refractivity contribution in [2.45, 2.75) is 19.4 Å². The fraction of sp³-hybridized carbons (Fsp3) is 0.364. The van der Waals surface area contributed by atoms with E-state index in [-0.39, 0.29) is 5.97 Å². The fourth-order valence-electron chi connectivity index (χ4n) is 1.20. The van der Waals surface area contributed by atoms with Crippen molar-refractivity contribution in [1.29, 1.82) is 0 Å². The molecule has 8 heteroatoms. The van der Waals surface area contributed by atoms with Gasteiger partial charge < -0.3 is 27.7 Å². The third-order valence-corrected chi connectivity index (χ3v) is 1.89. The highest BCUT2D eigenvalue weighted by atomic mass is 19.5. The summed E-state index contributed by atoms with van der Waals surface area (Å²) in [7, 11) is -6.00. The predicted molar refractivity (Wildman–Crippen MR) is 64.9 cm³/mol. The van der Waals surface area contributed by atoms with Crippen molar-refractivity contribution in [3.8, 4) is 0 Å². The van der Waals surface area contributed by atoms with E-state index in [0.717, 1.165) is 5.56 Å². The summed E-state index contributed by atoms with van der Waals surface area (Å²) < 4.78 is 43.8. The molecule has 1 aromatic rings. The number of benzene rings is 1. The highest BCUT2D eigenvalue weighted by Gasteiger charge is 2.20.